The van der Waals surface area contributed by atoms with Crippen molar-refractivity contribution in [2.45, 2.75) is 18.1 Å². The monoisotopic (exact) mass is 372 g/mol. The zero-order valence-electron chi connectivity index (χ0n) is 12.4. The lowest BCUT2D eigenvalue weighted by atomic mass is 10.3. The van der Waals surface area contributed by atoms with Gasteiger partial charge in [-0.15, -0.1) is 0 Å². The van der Waals surface area contributed by atoms with E-state index in [0.717, 1.165) is 29.5 Å². The Kier molecular flexibility index (Phi) is 4.95. The molecule has 0 saturated heterocycles. The van der Waals surface area contributed by atoms with Crippen molar-refractivity contribution in [1.82, 2.24) is 14.7 Å². The van der Waals surface area contributed by atoms with Gasteiger partial charge in [0.25, 0.3) is 0 Å². The summed E-state index contributed by atoms with van der Waals surface area (Å²) in [5.74, 6) is -0.198. The smallest absolute Gasteiger partial charge is 0.242 e. The molecule has 7 nitrogen and oxygen atoms in total. The molecule has 128 valence electrons. The van der Waals surface area contributed by atoms with Crippen molar-refractivity contribution in [2.24, 2.45) is 0 Å². The molecular formula is C14H14ClFN4O3S. The fourth-order valence-corrected chi connectivity index (χ4v) is 3.72. The molecule has 0 amide bonds. The van der Waals surface area contributed by atoms with Crippen LogP contribution in [-0.4, -0.2) is 31.5 Å². The van der Waals surface area contributed by atoms with Gasteiger partial charge in [0.1, 0.15) is 10.7 Å². The van der Waals surface area contributed by atoms with Gasteiger partial charge in [-0.3, -0.25) is 0 Å². The highest BCUT2D eigenvalue weighted by molar-refractivity contribution is 7.89. The Bertz CT molecular complexity index is 863. The quantitative estimate of drug-likeness (QED) is 0.749. The molecule has 0 aliphatic carbocycles. The highest BCUT2D eigenvalue weighted by Crippen LogP contribution is 2.21. The van der Waals surface area contributed by atoms with Gasteiger partial charge >= 0.3 is 0 Å². The Morgan fingerprint density at radius 3 is 2.92 bits per heavy atom. The number of hydrogen-bond acceptors (Lipinski definition) is 6. The molecule has 24 heavy (non-hydrogen) atoms. The molecule has 2 heterocycles. The Balaban J connectivity index is 1.56. The lowest BCUT2D eigenvalue weighted by molar-refractivity contribution is 0.133. The van der Waals surface area contributed by atoms with Gasteiger partial charge in [-0.1, -0.05) is 11.6 Å². The average molecular weight is 373 g/mol. The zero-order chi connectivity index (χ0) is 17.2. The number of anilines is 1. The summed E-state index contributed by atoms with van der Waals surface area (Å²) in [5, 5.41) is 2.76. The van der Waals surface area contributed by atoms with Gasteiger partial charge in [-0.25, -0.2) is 27.5 Å². The molecule has 10 heteroatoms. The predicted molar refractivity (Wildman–Crippen MR) is 85.6 cm³/mol. The molecule has 0 radical (unpaired) electrons. The van der Waals surface area contributed by atoms with E-state index in [0.29, 0.717) is 19.2 Å². The minimum atomic E-state index is -3.82. The molecule has 3 rings (SSSR count). The van der Waals surface area contributed by atoms with Crippen LogP contribution in [0.2, 0.25) is 5.02 Å². The first-order valence-corrected chi connectivity index (χ1v) is 8.93. The van der Waals surface area contributed by atoms with Crippen molar-refractivity contribution >= 4 is 27.6 Å². The van der Waals surface area contributed by atoms with E-state index in [1.54, 1.807) is 6.20 Å². The van der Waals surface area contributed by atoms with E-state index in [1.165, 1.54) is 0 Å². The van der Waals surface area contributed by atoms with E-state index < -0.39 is 15.8 Å². The summed E-state index contributed by atoms with van der Waals surface area (Å²) >= 11 is 5.77. The summed E-state index contributed by atoms with van der Waals surface area (Å²) in [6.07, 6.45) is 1.68. The molecule has 1 aliphatic heterocycles. The number of nitrogens with one attached hydrogen (secondary N) is 2. The van der Waals surface area contributed by atoms with Crippen molar-refractivity contribution in [3.05, 3.63) is 46.5 Å². The molecule has 1 aromatic heterocycles. The minimum Gasteiger partial charge on any atom is -0.370 e. The van der Waals surface area contributed by atoms with Crippen LogP contribution < -0.4 is 10.0 Å². The average Bonchev–Trinajstić information content (AvgIpc) is 2.99. The number of halogens is 2. The molecule has 1 aliphatic rings. The molecule has 1 aromatic carbocycles. The summed E-state index contributed by atoms with van der Waals surface area (Å²) in [7, 11) is -3.82. The normalized spacial score (nSPS) is 13.8. The van der Waals surface area contributed by atoms with Crippen LogP contribution >= 0.6 is 11.6 Å². The first-order chi connectivity index (χ1) is 11.5. The number of nitrogens with zero attached hydrogens (tertiary/aromatic N) is 2. The fraction of sp³-hybridized carbons (Fsp3) is 0.286. The second kappa shape index (κ2) is 6.98. The summed E-state index contributed by atoms with van der Waals surface area (Å²) in [4.78, 5) is 8.24. The van der Waals surface area contributed by atoms with Crippen LogP contribution in [0, 0.1) is 5.82 Å². The van der Waals surface area contributed by atoms with Gasteiger partial charge in [0.15, 0.2) is 0 Å². The molecule has 0 saturated carbocycles. The van der Waals surface area contributed by atoms with E-state index in [9.17, 15) is 12.8 Å². The van der Waals surface area contributed by atoms with Gasteiger partial charge in [-0.05, 0) is 18.2 Å². The summed E-state index contributed by atoms with van der Waals surface area (Å²) in [6.45, 7) is 1.32. The topological polar surface area (TPSA) is 93.2 Å². The van der Waals surface area contributed by atoms with Crippen LogP contribution in [0.3, 0.4) is 0 Å². The van der Waals surface area contributed by atoms with Crippen LogP contribution in [0.25, 0.3) is 0 Å². The molecule has 0 bridgehead atoms. The number of hydrogen-bond donors (Lipinski definition) is 2. The number of rotatable bonds is 6. The van der Waals surface area contributed by atoms with Gasteiger partial charge in [0.2, 0.25) is 16.0 Å². The van der Waals surface area contributed by atoms with Crippen LogP contribution in [-0.2, 0) is 28.0 Å². The third-order valence-electron chi connectivity index (χ3n) is 3.33. The molecular weight excluding hydrogens is 359 g/mol. The van der Waals surface area contributed by atoms with Gasteiger partial charge in [0, 0.05) is 24.8 Å². The van der Waals surface area contributed by atoms with Crippen molar-refractivity contribution in [3.63, 3.8) is 0 Å². The first-order valence-electron chi connectivity index (χ1n) is 7.07. The van der Waals surface area contributed by atoms with E-state index in [4.69, 9.17) is 16.3 Å². The van der Waals surface area contributed by atoms with Crippen LogP contribution in [0.15, 0.2) is 29.3 Å². The van der Waals surface area contributed by atoms with E-state index in [1.807, 2.05) is 0 Å². The van der Waals surface area contributed by atoms with Crippen molar-refractivity contribution < 1.29 is 17.5 Å². The first kappa shape index (κ1) is 17.0. The second-order valence-corrected chi connectivity index (χ2v) is 7.20. The van der Waals surface area contributed by atoms with E-state index >= 15 is 0 Å². The third-order valence-corrected chi connectivity index (χ3v) is 5.28. The Morgan fingerprint density at radius 1 is 1.29 bits per heavy atom. The molecule has 0 fully saturated rings. The van der Waals surface area contributed by atoms with Crippen molar-refractivity contribution in [1.29, 1.82) is 0 Å². The number of ether oxygens (including phenoxy) is 1. The highest BCUT2D eigenvalue weighted by atomic mass is 35.5. The lowest BCUT2D eigenvalue weighted by Gasteiger charge is -2.09. The molecule has 2 aromatic rings. The maximum absolute atomic E-state index is 13.0. The molecule has 0 unspecified atom stereocenters. The molecule has 0 spiro atoms. The maximum Gasteiger partial charge on any atom is 0.242 e. The molecule has 0 atom stereocenters. The number of aromatic nitrogens is 2. The SMILES string of the molecule is O=S(=O)(NCCNc1ncc2c(n1)COC2)c1ccc(F)cc1Cl. The number of sulfonamides is 1. The van der Waals surface area contributed by atoms with Crippen molar-refractivity contribution in [2.75, 3.05) is 18.4 Å². The van der Waals surface area contributed by atoms with E-state index in [-0.39, 0.29) is 23.0 Å². The van der Waals surface area contributed by atoms with E-state index in [2.05, 4.69) is 20.0 Å². The largest absolute Gasteiger partial charge is 0.370 e. The van der Waals surface area contributed by atoms with Gasteiger partial charge in [0.05, 0.1) is 23.9 Å². The lowest BCUT2D eigenvalue weighted by Crippen LogP contribution is -2.29. The fourth-order valence-electron chi connectivity index (χ4n) is 2.16. The summed E-state index contributed by atoms with van der Waals surface area (Å²) in [5.41, 5.74) is 1.78. The standard InChI is InChI=1S/C14H14ClFN4O3S/c15-11-5-10(16)1-2-13(11)24(21,22)19-4-3-17-14-18-6-9-7-23-8-12(9)20-14/h1-2,5-6,19H,3-4,7-8H2,(H,17,18,20). The van der Waals surface area contributed by atoms with Crippen LogP contribution in [0.1, 0.15) is 11.3 Å². The predicted octanol–water partition coefficient (Wildman–Crippen LogP) is 1.69. The summed E-state index contributed by atoms with van der Waals surface area (Å²) in [6, 6.07) is 3.12. The Labute approximate surface area is 143 Å². The minimum absolute atomic E-state index is 0.0903. The second-order valence-electron chi connectivity index (χ2n) is 5.06. The number of fused-ring (bicyclic) bond motifs is 1. The van der Waals surface area contributed by atoms with Crippen LogP contribution in [0.4, 0.5) is 10.3 Å². The highest BCUT2D eigenvalue weighted by Gasteiger charge is 2.18. The maximum atomic E-state index is 13.0. The van der Waals surface area contributed by atoms with Gasteiger partial charge in [-0.2, -0.15) is 0 Å². The summed E-state index contributed by atoms with van der Waals surface area (Å²) < 4.78 is 44.9. The Morgan fingerprint density at radius 2 is 2.12 bits per heavy atom. The van der Waals surface area contributed by atoms with Crippen LogP contribution in [0.5, 0.6) is 0 Å². The Hall–Kier alpha value is -1.81. The van der Waals surface area contributed by atoms with Gasteiger partial charge < -0.3 is 10.1 Å². The van der Waals surface area contributed by atoms with Crippen molar-refractivity contribution in [3.8, 4) is 0 Å². The number of benzene rings is 1. The third kappa shape index (κ3) is 3.81. The molecule has 2 N–H and O–H groups in total. The zero-order valence-corrected chi connectivity index (χ0v) is 14.0.